The summed E-state index contributed by atoms with van der Waals surface area (Å²) in [5.41, 5.74) is 0. The highest BCUT2D eigenvalue weighted by molar-refractivity contribution is 8.00. The zero-order chi connectivity index (χ0) is 16.6. The molecule has 0 radical (unpaired) electrons. The third-order valence-electron chi connectivity index (χ3n) is 3.43. The van der Waals surface area contributed by atoms with Crippen LogP contribution in [-0.2, 0) is 10.0 Å². The van der Waals surface area contributed by atoms with Crippen LogP contribution in [0.4, 0.5) is 0 Å². The number of nitrogens with one attached hydrogen (secondary N) is 2. The minimum Gasteiger partial charge on any atom is -0.357 e. The van der Waals surface area contributed by atoms with Crippen molar-refractivity contribution in [3.63, 3.8) is 0 Å². The van der Waals surface area contributed by atoms with Crippen LogP contribution in [0.5, 0.6) is 0 Å². The first-order valence-corrected chi connectivity index (χ1v) is 10.9. The number of thioether (sulfide) groups is 1. The van der Waals surface area contributed by atoms with Crippen LogP contribution in [-0.4, -0.2) is 69.3 Å². The van der Waals surface area contributed by atoms with Crippen LogP contribution in [0.3, 0.4) is 0 Å². The normalized spacial score (nSPS) is 20.5. The Labute approximate surface area is 139 Å². The second-order valence-corrected chi connectivity index (χ2v) is 9.04. The van der Waals surface area contributed by atoms with E-state index in [9.17, 15) is 8.42 Å². The molecule has 0 aromatic heterocycles. The molecular weight excluding hydrogens is 320 g/mol. The fourth-order valence-corrected chi connectivity index (χ4v) is 4.03. The molecule has 8 heteroatoms. The molecule has 1 heterocycles. The summed E-state index contributed by atoms with van der Waals surface area (Å²) >= 11 is 2.04. The summed E-state index contributed by atoms with van der Waals surface area (Å²) < 4.78 is 24.5. The average molecular weight is 351 g/mol. The molecule has 0 aromatic carbocycles. The highest BCUT2D eigenvalue weighted by atomic mass is 32.2. The van der Waals surface area contributed by atoms with Gasteiger partial charge in [0.15, 0.2) is 5.96 Å². The van der Waals surface area contributed by atoms with Gasteiger partial charge in [0.1, 0.15) is 0 Å². The Kier molecular flexibility index (Phi) is 8.56. The first kappa shape index (κ1) is 19.6. The number of nitrogens with zero attached hydrogens (tertiary/aromatic N) is 2. The van der Waals surface area contributed by atoms with Gasteiger partial charge in [0, 0.05) is 43.7 Å². The molecule has 0 bridgehead atoms. The standard InChI is InChI=1S/C14H30N4O2S2/c1-5-15-14(16-7-6-8-17-22(4,19)20)18-9-10-21-13(11-18)12(2)3/h12-13,17H,5-11H2,1-4H3,(H,15,16). The zero-order valence-corrected chi connectivity index (χ0v) is 15.8. The molecule has 1 aliphatic heterocycles. The van der Waals surface area contributed by atoms with E-state index in [1.165, 1.54) is 6.26 Å². The van der Waals surface area contributed by atoms with E-state index in [1.54, 1.807) is 0 Å². The van der Waals surface area contributed by atoms with Crippen LogP contribution in [0.25, 0.3) is 0 Å². The minimum absolute atomic E-state index is 0.437. The Morgan fingerprint density at radius 1 is 1.45 bits per heavy atom. The van der Waals surface area contributed by atoms with Gasteiger partial charge in [0.25, 0.3) is 0 Å². The summed E-state index contributed by atoms with van der Waals surface area (Å²) in [4.78, 5) is 6.97. The number of guanidine groups is 1. The van der Waals surface area contributed by atoms with Gasteiger partial charge >= 0.3 is 0 Å². The first-order chi connectivity index (χ1) is 10.3. The zero-order valence-electron chi connectivity index (χ0n) is 14.1. The fourth-order valence-electron chi connectivity index (χ4n) is 2.22. The van der Waals surface area contributed by atoms with Crippen LogP contribution in [0.2, 0.25) is 0 Å². The van der Waals surface area contributed by atoms with E-state index in [4.69, 9.17) is 0 Å². The quantitative estimate of drug-likeness (QED) is 0.406. The van der Waals surface area contributed by atoms with Crippen molar-refractivity contribution in [2.75, 3.05) is 44.7 Å². The summed E-state index contributed by atoms with van der Waals surface area (Å²) in [6.45, 7) is 10.5. The molecule has 1 aliphatic rings. The first-order valence-electron chi connectivity index (χ1n) is 7.93. The Morgan fingerprint density at radius 2 is 2.18 bits per heavy atom. The second kappa shape index (κ2) is 9.62. The summed E-state index contributed by atoms with van der Waals surface area (Å²) in [5, 5.41) is 3.99. The Morgan fingerprint density at radius 3 is 2.77 bits per heavy atom. The molecule has 0 saturated carbocycles. The van der Waals surface area contributed by atoms with Crippen LogP contribution >= 0.6 is 11.8 Å². The summed E-state index contributed by atoms with van der Waals surface area (Å²) in [6.07, 6.45) is 1.88. The molecule has 130 valence electrons. The molecule has 0 aliphatic carbocycles. The van der Waals surface area contributed by atoms with E-state index in [0.29, 0.717) is 30.7 Å². The number of sulfonamides is 1. The molecule has 1 atom stereocenters. The maximum atomic E-state index is 11.0. The van der Waals surface area contributed by atoms with Gasteiger partial charge < -0.3 is 10.2 Å². The smallest absolute Gasteiger partial charge is 0.208 e. The van der Waals surface area contributed by atoms with Crippen molar-refractivity contribution in [2.24, 2.45) is 10.9 Å². The van der Waals surface area contributed by atoms with Crippen molar-refractivity contribution >= 4 is 27.7 Å². The maximum absolute atomic E-state index is 11.0. The van der Waals surface area contributed by atoms with E-state index in [0.717, 1.165) is 31.3 Å². The van der Waals surface area contributed by atoms with Gasteiger partial charge in [-0.3, -0.25) is 4.99 Å². The Hall–Kier alpha value is -0.470. The fraction of sp³-hybridized carbons (Fsp3) is 0.929. The van der Waals surface area contributed by atoms with E-state index >= 15 is 0 Å². The van der Waals surface area contributed by atoms with Gasteiger partial charge in [0.2, 0.25) is 10.0 Å². The van der Waals surface area contributed by atoms with Crippen LogP contribution in [0.15, 0.2) is 4.99 Å². The molecule has 1 unspecified atom stereocenters. The van der Waals surface area contributed by atoms with Crippen LogP contribution < -0.4 is 10.0 Å². The molecule has 2 N–H and O–H groups in total. The molecule has 0 aromatic rings. The van der Waals surface area contributed by atoms with E-state index in [1.807, 2.05) is 11.8 Å². The van der Waals surface area contributed by atoms with Crippen molar-refractivity contribution in [1.29, 1.82) is 0 Å². The SMILES string of the molecule is CCNC(=NCCCNS(C)(=O)=O)N1CCSC(C(C)C)C1. The third kappa shape index (κ3) is 7.69. The number of aliphatic imine (C=N–C) groups is 1. The lowest BCUT2D eigenvalue weighted by atomic mass is 10.1. The molecule has 22 heavy (non-hydrogen) atoms. The van der Waals surface area contributed by atoms with Crippen LogP contribution in [0, 0.1) is 5.92 Å². The van der Waals surface area contributed by atoms with Gasteiger partial charge in [-0.05, 0) is 19.3 Å². The summed E-state index contributed by atoms with van der Waals surface area (Å²) in [7, 11) is -3.10. The van der Waals surface area contributed by atoms with Crippen molar-refractivity contribution in [1.82, 2.24) is 14.9 Å². The van der Waals surface area contributed by atoms with Gasteiger partial charge in [-0.1, -0.05) is 13.8 Å². The van der Waals surface area contributed by atoms with Crippen LogP contribution in [0.1, 0.15) is 27.2 Å². The predicted octanol–water partition coefficient (Wildman–Crippen LogP) is 0.965. The Balaban J connectivity index is 2.50. The lowest BCUT2D eigenvalue weighted by Gasteiger charge is -2.36. The van der Waals surface area contributed by atoms with Crippen molar-refractivity contribution < 1.29 is 8.42 Å². The molecule has 0 amide bonds. The third-order valence-corrected chi connectivity index (χ3v) is 5.70. The largest absolute Gasteiger partial charge is 0.357 e. The van der Waals surface area contributed by atoms with Gasteiger partial charge in [-0.15, -0.1) is 0 Å². The van der Waals surface area contributed by atoms with E-state index in [2.05, 4.69) is 40.7 Å². The van der Waals surface area contributed by atoms with Crippen molar-refractivity contribution in [3.05, 3.63) is 0 Å². The molecule has 6 nitrogen and oxygen atoms in total. The predicted molar refractivity (Wildman–Crippen MR) is 96.1 cm³/mol. The maximum Gasteiger partial charge on any atom is 0.208 e. The Bertz CT molecular complexity index is 452. The van der Waals surface area contributed by atoms with Gasteiger partial charge in [-0.25, -0.2) is 13.1 Å². The highest BCUT2D eigenvalue weighted by Gasteiger charge is 2.24. The van der Waals surface area contributed by atoms with E-state index in [-0.39, 0.29) is 0 Å². The molecule has 1 rings (SSSR count). The molecule has 1 fully saturated rings. The van der Waals surface area contributed by atoms with Gasteiger partial charge in [-0.2, -0.15) is 11.8 Å². The monoisotopic (exact) mass is 350 g/mol. The minimum atomic E-state index is -3.10. The average Bonchev–Trinajstić information content (AvgIpc) is 2.44. The van der Waals surface area contributed by atoms with Crippen molar-refractivity contribution in [3.8, 4) is 0 Å². The summed E-state index contributed by atoms with van der Waals surface area (Å²) in [6, 6.07) is 0. The van der Waals surface area contributed by atoms with Gasteiger partial charge in [0.05, 0.1) is 6.26 Å². The number of rotatable bonds is 7. The number of hydrogen-bond acceptors (Lipinski definition) is 4. The van der Waals surface area contributed by atoms with Crippen molar-refractivity contribution in [2.45, 2.75) is 32.4 Å². The molecular formula is C14H30N4O2S2. The molecule has 0 spiro atoms. The lowest BCUT2D eigenvalue weighted by molar-refractivity contribution is 0.381. The second-order valence-electron chi connectivity index (χ2n) is 5.85. The van der Waals surface area contributed by atoms with E-state index < -0.39 is 10.0 Å². The topological polar surface area (TPSA) is 73.8 Å². The highest BCUT2D eigenvalue weighted by Crippen LogP contribution is 2.24. The lowest BCUT2D eigenvalue weighted by Crippen LogP contribution is -2.49. The number of hydrogen-bond donors (Lipinski definition) is 2. The summed E-state index contributed by atoms with van der Waals surface area (Å²) in [5.74, 6) is 2.74. The molecule has 1 saturated heterocycles.